The van der Waals surface area contributed by atoms with Crippen LogP contribution in [0.2, 0.25) is 0 Å². The molecule has 0 N–H and O–H groups in total. The molecule has 1 amide bonds. The summed E-state index contributed by atoms with van der Waals surface area (Å²) in [6.07, 6.45) is 0.739. The van der Waals surface area contributed by atoms with Crippen LogP contribution in [0.25, 0.3) is 0 Å². The molecule has 35 heavy (non-hydrogen) atoms. The van der Waals surface area contributed by atoms with Gasteiger partial charge in [-0.05, 0) is 47.7 Å². The highest BCUT2D eigenvalue weighted by Gasteiger charge is 2.34. The number of hydrogen-bond donors (Lipinski definition) is 0. The highest BCUT2D eigenvalue weighted by atomic mass is 16.2. The van der Waals surface area contributed by atoms with E-state index in [2.05, 4.69) is 84.3 Å². The summed E-state index contributed by atoms with van der Waals surface area (Å²) < 4.78 is 0. The summed E-state index contributed by atoms with van der Waals surface area (Å²) in [5.74, 6) is 0.0780. The standard InChI is InChI=1S/C30H34N4O/c1-23-13-14-27(19-24(23)2)28-20-29(26-11-7-4-8-12-26)34(31-28)30(35)22-33-17-15-32(16-18-33)21-25-9-5-3-6-10-25/h3-14,19,29H,15-18,20-22H2,1-2H3/t29-/m0/s1. The Kier molecular flexibility index (Phi) is 7.07. The lowest BCUT2D eigenvalue weighted by Gasteiger charge is -2.35. The summed E-state index contributed by atoms with van der Waals surface area (Å²) in [5, 5.41) is 6.63. The molecular formula is C30H34N4O. The van der Waals surface area contributed by atoms with Crippen LogP contribution in [-0.2, 0) is 11.3 Å². The zero-order valence-electron chi connectivity index (χ0n) is 20.7. The molecule has 5 heteroatoms. The van der Waals surface area contributed by atoms with Crippen LogP contribution in [0.5, 0.6) is 0 Å². The van der Waals surface area contributed by atoms with Gasteiger partial charge in [0.2, 0.25) is 0 Å². The fourth-order valence-electron chi connectivity index (χ4n) is 4.98. The summed E-state index contributed by atoms with van der Waals surface area (Å²) in [6.45, 7) is 9.37. The average molecular weight is 467 g/mol. The molecule has 0 unspecified atom stereocenters. The molecule has 180 valence electrons. The number of aryl methyl sites for hydroxylation is 2. The Morgan fingerprint density at radius 2 is 1.49 bits per heavy atom. The van der Waals surface area contributed by atoms with Crippen LogP contribution in [0.4, 0.5) is 0 Å². The van der Waals surface area contributed by atoms with E-state index in [1.165, 1.54) is 16.7 Å². The van der Waals surface area contributed by atoms with Crippen LogP contribution in [0.3, 0.4) is 0 Å². The monoisotopic (exact) mass is 466 g/mol. The van der Waals surface area contributed by atoms with E-state index in [9.17, 15) is 4.79 Å². The third-order valence-corrected chi connectivity index (χ3v) is 7.26. The normalized spacial score (nSPS) is 19.1. The summed E-state index contributed by atoms with van der Waals surface area (Å²) in [5.41, 5.74) is 7.09. The first-order valence-electron chi connectivity index (χ1n) is 12.6. The lowest BCUT2D eigenvalue weighted by Crippen LogP contribution is -2.49. The average Bonchev–Trinajstić information content (AvgIpc) is 3.34. The number of hydrogen-bond acceptors (Lipinski definition) is 4. The topological polar surface area (TPSA) is 39.2 Å². The van der Waals surface area contributed by atoms with Gasteiger partial charge in [0.15, 0.2) is 0 Å². The van der Waals surface area contributed by atoms with Crippen molar-refractivity contribution in [3.05, 3.63) is 107 Å². The number of benzene rings is 3. The number of piperazine rings is 1. The fourth-order valence-corrected chi connectivity index (χ4v) is 4.98. The van der Waals surface area contributed by atoms with Crippen molar-refractivity contribution in [3.63, 3.8) is 0 Å². The van der Waals surface area contributed by atoms with Gasteiger partial charge in [0.25, 0.3) is 5.91 Å². The van der Waals surface area contributed by atoms with Gasteiger partial charge in [-0.15, -0.1) is 0 Å². The second-order valence-electron chi connectivity index (χ2n) is 9.75. The number of rotatable bonds is 6. The molecule has 0 aliphatic carbocycles. The molecular weight excluding hydrogens is 432 g/mol. The summed E-state index contributed by atoms with van der Waals surface area (Å²) in [6, 6.07) is 27.3. The predicted molar refractivity (Wildman–Crippen MR) is 141 cm³/mol. The maximum absolute atomic E-state index is 13.5. The minimum absolute atomic E-state index is 0.0559. The van der Waals surface area contributed by atoms with E-state index in [1.54, 1.807) is 5.01 Å². The molecule has 2 aliphatic heterocycles. The van der Waals surface area contributed by atoms with E-state index >= 15 is 0 Å². The Morgan fingerprint density at radius 3 is 2.17 bits per heavy atom. The van der Waals surface area contributed by atoms with Crippen LogP contribution >= 0.6 is 0 Å². The van der Waals surface area contributed by atoms with Crippen LogP contribution in [-0.4, -0.2) is 59.2 Å². The van der Waals surface area contributed by atoms with Crippen molar-refractivity contribution in [1.29, 1.82) is 0 Å². The zero-order valence-corrected chi connectivity index (χ0v) is 20.7. The van der Waals surface area contributed by atoms with E-state index in [4.69, 9.17) is 5.10 Å². The molecule has 1 atom stereocenters. The highest BCUT2D eigenvalue weighted by Crippen LogP contribution is 2.33. The Morgan fingerprint density at radius 1 is 0.829 bits per heavy atom. The summed E-state index contributed by atoms with van der Waals surface area (Å²) in [7, 11) is 0. The van der Waals surface area contributed by atoms with E-state index < -0.39 is 0 Å². The van der Waals surface area contributed by atoms with E-state index in [-0.39, 0.29) is 11.9 Å². The van der Waals surface area contributed by atoms with Crippen molar-refractivity contribution in [1.82, 2.24) is 14.8 Å². The van der Waals surface area contributed by atoms with Crippen molar-refractivity contribution in [2.24, 2.45) is 5.10 Å². The fraction of sp³-hybridized carbons (Fsp3) is 0.333. The summed E-state index contributed by atoms with van der Waals surface area (Å²) in [4.78, 5) is 18.3. The van der Waals surface area contributed by atoms with E-state index in [0.29, 0.717) is 6.54 Å². The third kappa shape index (κ3) is 5.53. The van der Waals surface area contributed by atoms with Gasteiger partial charge in [-0.25, -0.2) is 5.01 Å². The first-order valence-corrected chi connectivity index (χ1v) is 12.6. The van der Waals surface area contributed by atoms with Crippen molar-refractivity contribution in [3.8, 4) is 0 Å². The number of nitrogens with zero attached hydrogens (tertiary/aromatic N) is 4. The van der Waals surface area contributed by atoms with Crippen LogP contribution in [0.1, 0.15) is 40.3 Å². The molecule has 5 nitrogen and oxygen atoms in total. The molecule has 1 fully saturated rings. The Balaban J connectivity index is 1.27. The zero-order chi connectivity index (χ0) is 24.2. The number of carbonyl (C=O) groups is 1. The van der Waals surface area contributed by atoms with Crippen molar-refractivity contribution in [2.75, 3.05) is 32.7 Å². The van der Waals surface area contributed by atoms with Gasteiger partial charge in [-0.1, -0.05) is 72.8 Å². The first kappa shape index (κ1) is 23.5. The molecule has 0 aromatic heterocycles. The predicted octanol–water partition coefficient (Wildman–Crippen LogP) is 4.80. The smallest absolute Gasteiger partial charge is 0.257 e. The SMILES string of the molecule is Cc1ccc(C2=NN(C(=O)CN3CCN(Cc4ccccc4)CC3)[C@H](c3ccccc3)C2)cc1C. The second-order valence-corrected chi connectivity index (χ2v) is 9.75. The molecule has 0 radical (unpaired) electrons. The lowest BCUT2D eigenvalue weighted by molar-refractivity contribution is -0.134. The van der Waals surface area contributed by atoms with Crippen LogP contribution < -0.4 is 0 Å². The maximum Gasteiger partial charge on any atom is 0.257 e. The molecule has 5 rings (SSSR count). The highest BCUT2D eigenvalue weighted by molar-refractivity contribution is 6.03. The Hall–Kier alpha value is -3.28. The van der Waals surface area contributed by atoms with Crippen molar-refractivity contribution >= 4 is 11.6 Å². The van der Waals surface area contributed by atoms with Gasteiger partial charge in [-0.3, -0.25) is 14.6 Å². The molecule has 0 saturated carbocycles. The molecule has 0 spiro atoms. The van der Waals surface area contributed by atoms with Crippen molar-refractivity contribution < 1.29 is 4.79 Å². The molecule has 2 heterocycles. The molecule has 2 aliphatic rings. The quantitative estimate of drug-likeness (QED) is 0.524. The maximum atomic E-state index is 13.5. The molecule has 1 saturated heterocycles. The lowest BCUT2D eigenvalue weighted by atomic mass is 9.96. The van der Waals surface area contributed by atoms with E-state index in [0.717, 1.165) is 56.0 Å². The van der Waals surface area contributed by atoms with E-state index in [1.807, 2.05) is 18.2 Å². The summed E-state index contributed by atoms with van der Waals surface area (Å²) >= 11 is 0. The van der Waals surface area contributed by atoms with Gasteiger partial charge in [0.1, 0.15) is 0 Å². The van der Waals surface area contributed by atoms with Crippen LogP contribution in [0, 0.1) is 13.8 Å². The van der Waals surface area contributed by atoms with Gasteiger partial charge < -0.3 is 0 Å². The minimum Gasteiger partial charge on any atom is -0.297 e. The largest absolute Gasteiger partial charge is 0.297 e. The second kappa shape index (κ2) is 10.5. The molecule has 3 aromatic carbocycles. The number of carbonyl (C=O) groups excluding carboxylic acids is 1. The van der Waals surface area contributed by atoms with Gasteiger partial charge in [0, 0.05) is 39.1 Å². The minimum atomic E-state index is -0.0559. The van der Waals surface area contributed by atoms with Gasteiger partial charge >= 0.3 is 0 Å². The molecule has 0 bridgehead atoms. The Labute approximate surface area is 208 Å². The first-order chi connectivity index (χ1) is 17.1. The van der Waals surface area contributed by atoms with Crippen molar-refractivity contribution in [2.45, 2.75) is 32.9 Å². The Bertz CT molecular complexity index is 1180. The van der Waals surface area contributed by atoms with Gasteiger partial charge in [-0.2, -0.15) is 5.10 Å². The molecule has 3 aromatic rings. The third-order valence-electron chi connectivity index (χ3n) is 7.26. The number of amides is 1. The van der Waals surface area contributed by atoms with Gasteiger partial charge in [0.05, 0.1) is 18.3 Å². The van der Waals surface area contributed by atoms with Crippen LogP contribution in [0.15, 0.2) is 84.0 Å². The number of hydrazone groups is 1.